The first-order valence-corrected chi connectivity index (χ1v) is 6.36. The Morgan fingerprint density at radius 1 is 1.22 bits per heavy atom. The molecule has 0 aliphatic carbocycles. The number of rotatable bonds is 1. The molecule has 1 fully saturated rings. The Hall–Kier alpha value is -1.75. The van der Waals surface area contributed by atoms with E-state index in [9.17, 15) is 4.79 Å². The van der Waals surface area contributed by atoms with E-state index >= 15 is 0 Å². The molecule has 2 heterocycles. The van der Waals surface area contributed by atoms with Crippen LogP contribution in [0.5, 0.6) is 5.75 Å². The fourth-order valence-electron chi connectivity index (χ4n) is 2.39. The molecule has 2 aliphatic heterocycles. The van der Waals surface area contributed by atoms with E-state index in [1.165, 1.54) is 0 Å². The molecule has 5 nitrogen and oxygen atoms in total. The van der Waals surface area contributed by atoms with Crippen molar-refractivity contribution in [3.63, 3.8) is 0 Å². The summed E-state index contributed by atoms with van der Waals surface area (Å²) in [4.78, 5) is 13.8. The van der Waals surface area contributed by atoms with Crippen LogP contribution in [0.25, 0.3) is 0 Å². The molecule has 2 N–H and O–H groups in total. The number of nitrogens with zero attached hydrogens (tertiary/aromatic N) is 1. The highest BCUT2D eigenvalue weighted by Gasteiger charge is 2.21. The number of hydrogen-bond acceptors (Lipinski definition) is 4. The highest BCUT2D eigenvalue weighted by atomic mass is 16.5. The third-order valence-corrected chi connectivity index (χ3v) is 3.30. The van der Waals surface area contributed by atoms with Crippen molar-refractivity contribution in [1.29, 1.82) is 0 Å². The molecule has 0 saturated carbocycles. The molecule has 1 amide bonds. The molecule has 1 aromatic rings. The van der Waals surface area contributed by atoms with Crippen LogP contribution in [0.2, 0.25) is 0 Å². The van der Waals surface area contributed by atoms with Crippen LogP contribution in [-0.4, -0.2) is 38.7 Å². The second kappa shape index (κ2) is 4.86. The maximum Gasteiger partial charge on any atom is 0.227 e. The van der Waals surface area contributed by atoms with E-state index < -0.39 is 0 Å². The van der Waals surface area contributed by atoms with Gasteiger partial charge in [-0.15, -0.1) is 0 Å². The molecule has 0 spiro atoms. The Morgan fingerprint density at radius 3 is 2.89 bits per heavy atom. The average molecular weight is 247 g/mol. The van der Waals surface area contributed by atoms with Crippen molar-refractivity contribution in [2.75, 3.05) is 43.0 Å². The average Bonchev–Trinajstić information content (AvgIpc) is 2.60. The van der Waals surface area contributed by atoms with E-state index in [0.29, 0.717) is 13.0 Å². The van der Waals surface area contributed by atoms with Gasteiger partial charge < -0.3 is 20.3 Å². The van der Waals surface area contributed by atoms with Crippen molar-refractivity contribution < 1.29 is 9.53 Å². The van der Waals surface area contributed by atoms with Gasteiger partial charge >= 0.3 is 0 Å². The fraction of sp³-hybridized carbons (Fsp3) is 0.462. The second-order valence-corrected chi connectivity index (χ2v) is 4.54. The van der Waals surface area contributed by atoms with Gasteiger partial charge in [0.2, 0.25) is 5.91 Å². The van der Waals surface area contributed by atoms with Crippen LogP contribution < -0.4 is 20.3 Å². The fourth-order valence-corrected chi connectivity index (χ4v) is 2.39. The zero-order chi connectivity index (χ0) is 12.4. The molecule has 96 valence electrons. The highest BCUT2D eigenvalue weighted by Crippen LogP contribution is 2.37. The number of ether oxygens (including phenoxy) is 1. The summed E-state index contributed by atoms with van der Waals surface area (Å²) in [5, 5.41) is 6.23. The van der Waals surface area contributed by atoms with Crippen molar-refractivity contribution in [3.8, 4) is 5.75 Å². The first-order valence-electron chi connectivity index (χ1n) is 6.36. The van der Waals surface area contributed by atoms with E-state index in [1.54, 1.807) is 0 Å². The van der Waals surface area contributed by atoms with Crippen molar-refractivity contribution in [2.24, 2.45) is 0 Å². The van der Waals surface area contributed by atoms with Gasteiger partial charge in [0.15, 0.2) is 5.75 Å². The number of anilines is 2. The van der Waals surface area contributed by atoms with Gasteiger partial charge in [0.05, 0.1) is 24.4 Å². The zero-order valence-electron chi connectivity index (χ0n) is 10.2. The lowest BCUT2D eigenvalue weighted by molar-refractivity contribution is -0.116. The SMILES string of the molecule is O=C1CCOc2c(cccc2N2CCNCC2)N1. The third kappa shape index (κ3) is 2.13. The summed E-state index contributed by atoms with van der Waals surface area (Å²) in [6.07, 6.45) is 0.412. The molecule has 1 saturated heterocycles. The number of fused-ring (bicyclic) bond motifs is 1. The molecule has 18 heavy (non-hydrogen) atoms. The summed E-state index contributed by atoms with van der Waals surface area (Å²) < 4.78 is 5.76. The van der Waals surface area contributed by atoms with Crippen LogP contribution in [-0.2, 0) is 4.79 Å². The zero-order valence-corrected chi connectivity index (χ0v) is 10.2. The molecule has 0 atom stereocenters. The van der Waals surface area contributed by atoms with E-state index in [1.807, 2.05) is 12.1 Å². The molecule has 3 rings (SSSR count). The summed E-state index contributed by atoms with van der Waals surface area (Å²) in [6.45, 7) is 4.34. The summed E-state index contributed by atoms with van der Waals surface area (Å²) in [5.74, 6) is 0.830. The number of piperazine rings is 1. The lowest BCUT2D eigenvalue weighted by Gasteiger charge is -2.31. The van der Waals surface area contributed by atoms with Gasteiger partial charge in [-0.25, -0.2) is 0 Å². The van der Waals surface area contributed by atoms with Crippen LogP contribution in [0, 0.1) is 0 Å². The van der Waals surface area contributed by atoms with Gasteiger partial charge in [0, 0.05) is 26.2 Å². The Labute approximate surface area is 106 Å². The first kappa shape index (κ1) is 11.3. The van der Waals surface area contributed by atoms with E-state index in [0.717, 1.165) is 43.3 Å². The number of para-hydroxylation sites is 1. The smallest absolute Gasteiger partial charge is 0.227 e. The molecule has 0 bridgehead atoms. The van der Waals surface area contributed by atoms with Crippen LogP contribution in [0.1, 0.15) is 6.42 Å². The van der Waals surface area contributed by atoms with Crippen LogP contribution in [0.4, 0.5) is 11.4 Å². The Kier molecular flexibility index (Phi) is 3.06. The van der Waals surface area contributed by atoms with Crippen molar-refractivity contribution in [1.82, 2.24) is 5.32 Å². The lowest BCUT2D eigenvalue weighted by atomic mass is 10.2. The predicted octanol–water partition coefficient (Wildman–Crippen LogP) is 0.817. The molecule has 0 aromatic heterocycles. The quantitative estimate of drug-likeness (QED) is 0.771. The predicted molar refractivity (Wildman–Crippen MR) is 70.3 cm³/mol. The van der Waals surface area contributed by atoms with Gasteiger partial charge in [0.25, 0.3) is 0 Å². The molecule has 2 aliphatic rings. The Bertz CT molecular complexity index is 456. The number of nitrogens with one attached hydrogen (secondary N) is 2. The van der Waals surface area contributed by atoms with Crippen LogP contribution in [0.3, 0.4) is 0 Å². The molecule has 1 aromatic carbocycles. The molecule has 0 radical (unpaired) electrons. The maximum absolute atomic E-state index is 11.5. The lowest BCUT2D eigenvalue weighted by Crippen LogP contribution is -2.43. The minimum Gasteiger partial charge on any atom is -0.489 e. The van der Waals surface area contributed by atoms with Gasteiger partial charge in [-0.1, -0.05) is 6.07 Å². The summed E-state index contributed by atoms with van der Waals surface area (Å²) in [5.41, 5.74) is 1.87. The van der Waals surface area contributed by atoms with Gasteiger partial charge in [-0.3, -0.25) is 4.79 Å². The molecular formula is C13H17N3O2. The number of hydrogen-bond donors (Lipinski definition) is 2. The summed E-state index contributed by atoms with van der Waals surface area (Å²) >= 11 is 0. The number of benzene rings is 1. The van der Waals surface area contributed by atoms with Crippen molar-refractivity contribution in [3.05, 3.63) is 18.2 Å². The monoisotopic (exact) mass is 247 g/mol. The normalized spacial score (nSPS) is 19.6. The topological polar surface area (TPSA) is 53.6 Å². The van der Waals surface area contributed by atoms with Gasteiger partial charge in [0.1, 0.15) is 0 Å². The van der Waals surface area contributed by atoms with E-state index in [4.69, 9.17) is 4.74 Å². The Balaban J connectivity index is 1.94. The minimum absolute atomic E-state index is 0.0196. The number of carbonyl (C=O) groups excluding carboxylic acids is 1. The first-order chi connectivity index (χ1) is 8.84. The van der Waals surface area contributed by atoms with Crippen molar-refractivity contribution in [2.45, 2.75) is 6.42 Å². The maximum atomic E-state index is 11.5. The standard InChI is InChI=1S/C13H17N3O2/c17-12-4-9-18-13-10(15-12)2-1-3-11(13)16-7-5-14-6-8-16/h1-3,14H,4-9H2,(H,15,17). The highest BCUT2D eigenvalue weighted by molar-refractivity contribution is 5.94. The molecular weight excluding hydrogens is 230 g/mol. The summed E-state index contributed by atoms with van der Waals surface area (Å²) in [6, 6.07) is 5.91. The summed E-state index contributed by atoms with van der Waals surface area (Å²) in [7, 11) is 0. The Morgan fingerprint density at radius 2 is 2.06 bits per heavy atom. The second-order valence-electron chi connectivity index (χ2n) is 4.54. The minimum atomic E-state index is 0.0196. The van der Waals surface area contributed by atoms with Gasteiger partial charge in [-0.2, -0.15) is 0 Å². The molecule has 5 heteroatoms. The largest absolute Gasteiger partial charge is 0.489 e. The van der Waals surface area contributed by atoms with E-state index in [-0.39, 0.29) is 5.91 Å². The van der Waals surface area contributed by atoms with E-state index in [2.05, 4.69) is 21.6 Å². The molecule has 0 unspecified atom stereocenters. The number of carbonyl (C=O) groups is 1. The number of amides is 1. The third-order valence-electron chi connectivity index (χ3n) is 3.30. The van der Waals surface area contributed by atoms with Crippen molar-refractivity contribution >= 4 is 17.3 Å². The van der Waals surface area contributed by atoms with Crippen LogP contribution >= 0.6 is 0 Å². The van der Waals surface area contributed by atoms with Gasteiger partial charge in [-0.05, 0) is 12.1 Å². The van der Waals surface area contributed by atoms with Crippen LogP contribution in [0.15, 0.2) is 18.2 Å².